The molecule has 2 aromatic carbocycles. The molecule has 0 aliphatic rings. The summed E-state index contributed by atoms with van der Waals surface area (Å²) in [6.45, 7) is 1.91. The molecular weight excluding hydrogens is 258 g/mol. The van der Waals surface area contributed by atoms with Crippen LogP contribution in [0.2, 0.25) is 5.02 Å². The second-order valence-electron chi connectivity index (χ2n) is 4.61. The highest BCUT2D eigenvalue weighted by Gasteiger charge is 2.16. The lowest BCUT2D eigenvalue weighted by atomic mass is 9.98. The molecule has 0 spiro atoms. The van der Waals surface area contributed by atoms with Crippen LogP contribution in [0.3, 0.4) is 0 Å². The molecule has 1 heterocycles. The lowest BCUT2D eigenvalue weighted by Crippen LogP contribution is -2.11. The van der Waals surface area contributed by atoms with Crippen LogP contribution in [0, 0.1) is 6.92 Å². The van der Waals surface area contributed by atoms with Crippen LogP contribution in [0.4, 0.5) is 0 Å². The fourth-order valence-electron chi connectivity index (χ4n) is 2.33. The summed E-state index contributed by atoms with van der Waals surface area (Å²) >= 11 is 6.22. The van der Waals surface area contributed by atoms with Crippen molar-refractivity contribution in [2.75, 3.05) is 0 Å². The number of furan rings is 1. The van der Waals surface area contributed by atoms with Crippen molar-refractivity contribution in [2.45, 2.75) is 13.0 Å². The van der Waals surface area contributed by atoms with Gasteiger partial charge in [-0.1, -0.05) is 41.9 Å². The summed E-state index contributed by atoms with van der Waals surface area (Å²) in [4.78, 5) is 0. The van der Waals surface area contributed by atoms with Gasteiger partial charge in [-0.25, -0.2) is 0 Å². The third-order valence-corrected chi connectivity index (χ3v) is 3.64. The first-order valence-electron chi connectivity index (χ1n) is 6.16. The van der Waals surface area contributed by atoms with Crippen molar-refractivity contribution in [3.63, 3.8) is 0 Å². The minimum atomic E-state index is -0.282. The molecular formula is C16H14ClNO. The number of fused-ring (bicyclic) bond motifs is 1. The van der Waals surface area contributed by atoms with E-state index in [0.717, 1.165) is 32.9 Å². The Bertz CT molecular complexity index is 732. The minimum absolute atomic E-state index is 0.282. The van der Waals surface area contributed by atoms with Gasteiger partial charge < -0.3 is 10.2 Å². The molecule has 0 saturated heterocycles. The maximum absolute atomic E-state index is 6.31. The predicted molar refractivity (Wildman–Crippen MR) is 78.4 cm³/mol. The number of rotatable bonds is 2. The van der Waals surface area contributed by atoms with Crippen molar-refractivity contribution in [3.05, 3.63) is 70.6 Å². The minimum Gasteiger partial charge on any atom is -0.464 e. The molecule has 3 aromatic rings. The lowest BCUT2D eigenvalue weighted by Gasteiger charge is -2.13. The summed E-state index contributed by atoms with van der Waals surface area (Å²) < 4.78 is 5.62. The first-order chi connectivity index (χ1) is 9.16. The van der Waals surface area contributed by atoms with Crippen molar-refractivity contribution >= 4 is 22.4 Å². The molecule has 0 radical (unpaired) electrons. The van der Waals surface area contributed by atoms with E-state index in [4.69, 9.17) is 21.8 Å². The van der Waals surface area contributed by atoms with Crippen LogP contribution < -0.4 is 5.73 Å². The van der Waals surface area contributed by atoms with Crippen LogP contribution in [-0.4, -0.2) is 0 Å². The molecule has 1 unspecified atom stereocenters. The maximum atomic E-state index is 6.31. The highest BCUT2D eigenvalue weighted by atomic mass is 35.5. The van der Waals surface area contributed by atoms with E-state index in [1.165, 1.54) is 0 Å². The van der Waals surface area contributed by atoms with Crippen molar-refractivity contribution in [2.24, 2.45) is 5.73 Å². The van der Waals surface area contributed by atoms with Gasteiger partial charge in [0.1, 0.15) is 11.5 Å². The molecule has 1 atom stereocenters. The lowest BCUT2D eigenvalue weighted by molar-refractivity contribution is 0.467. The van der Waals surface area contributed by atoms with Gasteiger partial charge >= 0.3 is 0 Å². The van der Waals surface area contributed by atoms with Crippen molar-refractivity contribution < 1.29 is 4.42 Å². The fourth-order valence-corrected chi connectivity index (χ4v) is 2.56. The molecule has 3 heteroatoms. The van der Waals surface area contributed by atoms with Crippen LogP contribution in [0.5, 0.6) is 0 Å². The molecule has 0 aliphatic carbocycles. The van der Waals surface area contributed by atoms with Crippen LogP contribution in [-0.2, 0) is 0 Å². The molecule has 96 valence electrons. The van der Waals surface area contributed by atoms with E-state index >= 15 is 0 Å². The van der Waals surface area contributed by atoms with Crippen molar-refractivity contribution in [1.29, 1.82) is 0 Å². The molecule has 0 amide bonds. The van der Waals surface area contributed by atoms with Gasteiger partial charge in [0.25, 0.3) is 0 Å². The summed E-state index contributed by atoms with van der Waals surface area (Å²) in [5.41, 5.74) is 7.33. The van der Waals surface area contributed by atoms with Crippen molar-refractivity contribution in [3.8, 4) is 0 Å². The van der Waals surface area contributed by atoms with Crippen LogP contribution >= 0.6 is 11.6 Å². The third-order valence-electron chi connectivity index (χ3n) is 3.31. The summed E-state index contributed by atoms with van der Waals surface area (Å²) in [5, 5.41) is 2.82. The summed E-state index contributed by atoms with van der Waals surface area (Å²) in [6.07, 6.45) is 0. The second-order valence-corrected chi connectivity index (χ2v) is 5.02. The van der Waals surface area contributed by atoms with Crippen LogP contribution in [0.1, 0.15) is 23.1 Å². The standard InChI is InChI=1S/C16H14ClNO/c1-10-6-9-15(19-10)16(18)13-7-8-14(17)12-5-3-2-4-11(12)13/h2-9,16H,18H2,1H3. The SMILES string of the molecule is Cc1ccc(C(N)c2ccc(Cl)c3ccccc23)o1. The number of nitrogens with two attached hydrogens (primary N) is 1. The fraction of sp³-hybridized carbons (Fsp3) is 0.125. The zero-order chi connectivity index (χ0) is 13.4. The largest absolute Gasteiger partial charge is 0.464 e. The van der Waals surface area contributed by atoms with Gasteiger partial charge in [-0.2, -0.15) is 0 Å². The third kappa shape index (κ3) is 2.14. The van der Waals surface area contributed by atoms with E-state index in [-0.39, 0.29) is 6.04 Å². The molecule has 0 bridgehead atoms. The van der Waals surface area contributed by atoms with Gasteiger partial charge in [0.05, 0.1) is 6.04 Å². The Morgan fingerprint density at radius 1 is 1.00 bits per heavy atom. The number of aryl methyl sites for hydroxylation is 1. The van der Waals surface area contributed by atoms with Gasteiger partial charge in [0.15, 0.2) is 0 Å². The van der Waals surface area contributed by atoms with E-state index in [1.807, 2.05) is 55.5 Å². The van der Waals surface area contributed by atoms with Gasteiger partial charge in [0.2, 0.25) is 0 Å². The van der Waals surface area contributed by atoms with Crippen molar-refractivity contribution in [1.82, 2.24) is 0 Å². The molecule has 0 fully saturated rings. The maximum Gasteiger partial charge on any atom is 0.125 e. The highest BCUT2D eigenvalue weighted by Crippen LogP contribution is 2.32. The number of benzene rings is 2. The topological polar surface area (TPSA) is 39.2 Å². The summed E-state index contributed by atoms with van der Waals surface area (Å²) in [6, 6.07) is 15.4. The first-order valence-corrected chi connectivity index (χ1v) is 6.53. The average Bonchev–Trinajstić information content (AvgIpc) is 2.86. The first kappa shape index (κ1) is 12.3. The Hall–Kier alpha value is -1.77. The predicted octanol–water partition coefficient (Wildman–Crippen LogP) is 4.44. The summed E-state index contributed by atoms with van der Waals surface area (Å²) in [5.74, 6) is 1.63. The Kier molecular flexibility index (Phi) is 3.05. The average molecular weight is 272 g/mol. The zero-order valence-electron chi connectivity index (χ0n) is 10.6. The number of hydrogen-bond acceptors (Lipinski definition) is 2. The molecule has 19 heavy (non-hydrogen) atoms. The van der Waals surface area contributed by atoms with E-state index in [0.29, 0.717) is 0 Å². The zero-order valence-corrected chi connectivity index (χ0v) is 11.3. The smallest absolute Gasteiger partial charge is 0.125 e. The molecule has 2 nitrogen and oxygen atoms in total. The monoisotopic (exact) mass is 271 g/mol. The second kappa shape index (κ2) is 4.72. The molecule has 0 saturated carbocycles. The van der Waals surface area contributed by atoms with E-state index in [2.05, 4.69) is 0 Å². The van der Waals surface area contributed by atoms with Gasteiger partial charge in [-0.15, -0.1) is 0 Å². The van der Waals surface area contributed by atoms with Gasteiger partial charge in [0, 0.05) is 10.4 Å². The Morgan fingerprint density at radius 3 is 2.42 bits per heavy atom. The Morgan fingerprint density at radius 2 is 1.74 bits per heavy atom. The Balaban J connectivity index is 2.18. The number of hydrogen-bond donors (Lipinski definition) is 1. The molecule has 2 N–H and O–H groups in total. The van der Waals surface area contributed by atoms with Crippen LogP contribution in [0.15, 0.2) is 52.9 Å². The molecule has 1 aromatic heterocycles. The van der Waals surface area contributed by atoms with E-state index in [9.17, 15) is 0 Å². The molecule has 0 aliphatic heterocycles. The number of halogens is 1. The van der Waals surface area contributed by atoms with Gasteiger partial charge in [-0.05, 0) is 36.1 Å². The quantitative estimate of drug-likeness (QED) is 0.748. The van der Waals surface area contributed by atoms with E-state index < -0.39 is 0 Å². The summed E-state index contributed by atoms with van der Waals surface area (Å²) in [7, 11) is 0. The molecule has 3 rings (SSSR count). The van der Waals surface area contributed by atoms with E-state index in [1.54, 1.807) is 0 Å². The highest BCUT2D eigenvalue weighted by molar-refractivity contribution is 6.35. The normalized spacial score (nSPS) is 12.8. The Labute approximate surface area is 116 Å². The van der Waals surface area contributed by atoms with Crippen LogP contribution in [0.25, 0.3) is 10.8 Å². The van der Waals surface area contributed by atoms with Gasteiger partial charge in [-0.3, -0.25) is 0 Å².